The molecule has 166 valence electrons. The summed E-state index contributed by atoms with van der Waals surface area (Å²) in [5, 5.41) is 14.9. The molecule has 0 saturated heterocycles. The first-order valence-electron chi connectivity index (χ1n) is 9.97. The highest BCUT2D eigenvalue weighted by Gasteiger charge is 2.20. The van der Waals surface area contributed by atoms with E-state index in [4.69, 9.17) is 0 Å². The number of anilines is 1. The molecule has 32 heavy (non-hydrogen) atoms. The summed E-state index contributed by atoms with van der Waals surface area (Å²) >= 11 is 4.65. The van der Waals surface area contributed by atoms with E-state index in [0.29, 0.717) is 23.1 Å². The zero-order chi connectivity index (χ0) is 23.1. The lowest BCUT2D eigenvalue weighted by atomic mass is 10.1. The summed E-state index contributed by atoms with van der Waals surface area (Å²) in [5.74, 6) is 0.442. The smallest absolute Gasteiger partial charge is 0.251 e. The minimum atomic E-state index is -0.373. The summed E-state index contributed by atoms with van der Waals surface area (Å²) in [6.07, 6.45) is 1.73. The van der Waals surface area contributed by atoms with Crippen LogP contribution in [0, 0.1) is 6.92 Å². The van der Waals surface area contributed by atoms with Crippen LogP contribution < -0.4 is 10.6 Å². The number of halogens is 1. The van der Waals surface area contributed by atoms with Crippen molar-refractivity contribution in [3.8, 4) is 0 Å². The number of aryl methyl sites for hydroxylation is 1. The fourth-order valence-corrected chi connectivity index (χ4v) is 3.96. The summed E-state index contributed by atoms with van der Waals surface area (Å²) < 4.78 is 2.79. The molecule has 0 aliphatic heterocycles. The Morgan fingerprint density at radius 3 is 2.50 bits per heavy atom. The molecule has 3 aromatic rings. The van der Waals surface area contributed by atoms with Gasteiger partial charge in [0, 0.05) is 22.3 Å². The van der Waals surface area contributed by atoms with Crippen molar-refractivity contribution in [3.05, 3.63) is 82.6 Å². The van der Waals surface area contributed by atoms with Crippen LogP contribution >= 0.6 is 27.7 Å². The van der Waals surface area contributed by atoms with Crippen molar-refractivity contribution in [2.75, 3.05) is 11.1 Å². The molecule has 3 rings (SSSR count). The summed E-state index contributed by atoms with van der Waals surface area (Å²) in [7, 11) is 0. The van der Waals surface area contributed by atoms with Gasteiger partial charge in [-0.1, -0.05) is 51.5 Å². The van der Waals surface area contributed by atoms with Gasteiger partial charge in [0.15, 0.2) is 11.0 Å². The molecule has 0 aliphatic rings. The molecule has 1 heterocycles. The van der Waals surface area contributed by atoms with E-state index in [1.807, 2.05) is 54.8 Å². The number of hydrogen-bond acceptors (Lipinski definition) is 5. The Balaban J connectivity index is 1.65. The lowest BCUT2D eigenvalue weighted by Gasteiger charge is -2.15. The zero-order valence-electron chi connectivity index (χ0n) is 17.8. The minimum Gasteiger partial charge on any atom is -0.342 e. The lowest BCUT2D eigenvalue weighted by molar-refractivity contribution is -0.113. The highest BCUT2D eigenvalue weighted by Crippen LogP contribution is 2.22. The van der Waals surface area contributed by atoms with E-state index in [1.54, 1.807) is 18.2 Å². The number of carbonyl (C=O) groups is 2. The molecule has 2 aromatic carbocycles. The van der Waals surface area contributed by atoms with Gasteiger partial charge >= 0.3 is 0 Å². The fraction of sp³-hybridized carbons (Fsp3) is 0.217. The predicted molar refractivity (Wildman–Crippen MR) is 131 cm³/mol. The molecule has 0 aliphatic carbocycles. The number of allylic oxidation sites excluding steroid dienone is 1. The maximum Gasteiger partial charge on any atom is 0.251 e. The van der Waals surface area contributed by atoms with Crippen molar-refractivity contribution in [3.63, 3.8) is 0 Å². The normalized spacial score (nSPS) is 11.6. The van der Waals surface area contributed by atoms with Gasteiger partial charge in [-0.2, -0.15) is 0 Å². The van der Waals surface area contributed by atoms with Crippen LogP contribution in [-0.4, -0.2) is 32.3 Å². The van der Waals surface area contributed by atoms with Crippen molar-refractivity contribution in [2.45, 2.75) is 31.6 Å². The number of thioether (sulfide) groups is 1. The van der Waals surface area contributed by atoms with Crippen LogP contribution in [0.3, 0.4) is 0 Å². The molecule has 1 atom stereocenters. The van der Waals surface area contributed by atoms with Crippen molar-refractivity contribution >= 4 is 45.2 Å². The number of hydrogen-bond donors (Lipinski definition) is 2. The number of benzene rings is 2. The maximum atomic E-state index is 12.6. The average Bonchev–Trinajstić information content (AvgIpc) is 3.17. The van der Waals surface area contributed by atoms with E-state index in [9.17, 15) is 9.59 Å². The first-order valence-corrected chi connectivity index (χ1v) is 11.7. The predicted octanol–water partition coefficient (Wildman–Crippen LogP) is 4.76. The van der Waals surface area contributed by atoms with Crippen molar-refractivity contribution in [2.24, 2.45) is 0 Å². The Hall–Kier alpha value is -2.91. The van der Waals surface area contributed by atoms with E-state index in [2.05, 4.69) is 43.3 Å². The van der Waals surface area contributed by atoms with E-state index < -0.39 is 0 Å². The van der Waals surface area contributed by atoms with Crippen molar-refractivity contribution in [1.82, 2.24) is 20.1 Å². The third-order valence-electron chi connectivity index (χ3n) is 4.57. The number of carbonyl (C=O) groups excluding carboxylic acids is 2. The topological polar surface area (TPSA) is 88.9 Å². The monoisotopic (exact) mass is 513 g/mol. The van der Waals surface area contributed by atoms with Crippen LogP contribution in [0.5, 0.6) is 0 Å². The van der Waals surface area contributed by atoms with Crippen LogP contribution in [0.2, 0.25) is 0 Å². The maximum absolute atomic E-state index is 12.6. The van der Waals surface area contributed by atoms with E-state index >= 15 is 0 Å². The summed E-state index contributed by atoms with van der Waals surface area (Å²) in [5.41, 5.74) is 2.39. The van der Waals surface area contributed by atoms with Crippen molar-refractivity contribution in [1.29, 1.82) is 0 Å². The number of amides is 2. The summed E-state index contributed by atoms with van der Waals surface area (Å²) in [6.45, 7) is 8.08. The van der Waals surface area contributed by atoms with Crippen LogP contribution in [0.25, 0.3) is 0 Å². The number of aromatic nitrogens is 3. The Morgan fingerprint density at radius 2 is 1.84 bits per heavy atom. The van der Waals surface area contributed by atoms with Crippen LogP contribution in [0.4, 0.5) is 5.69 Å². The molecule has 0 saturated carbocycles. The molecule has 0 unspecified atom stereocenters. The molecular formula is C23H24BrN5O2S. The number of nitrogens with zero attached hydrogens (tertiary/aromatic N) is 3. The van der Waals surface area contributed by atoms with Gasteiger partial charge in [0.2, 0.25) is 5.91 Å². The molecule has 2 amide bonds. The second kappa shape index (κ2) is 11.1. The quantitative estimate of drug-likeness (QED) is 0.318. The minimum absolute atomic E-state index is 0.146. The Labute approximate surface area is 199 Å². The molecular weight excluding hydrogens is 490 g/mol. The number of nitrogens with one attached hydrogen (secondary N) is 2. The van der Waals surface area contributed by atoms with Gasteiger partial charge in [0.05, 0.1) is 11.8 Å². The van der Waals surface area contributed by atoms with Crippen LogP contribution in [0.15, 0.2) is 70.8 Å². The van der Waals surface area contributed by atoms with Crippen LogP contribution in [0.1, 0.15) is 34.7 Å². The summed E-state index contributed by atoms with van der Waals surface area (Å²) in [6, 6.07) is 14.4. The van der Waals surface area contributed by atoms with Crippen LogP contribution in [-0.2, 0) is 11.3 Å². The average molecular weight is 514 g/mol. The molecule has 2 N–H and O–H groups in total. The van der Waals surface area contributed by atoms with E-state index in [-0.39, 0.29) is 23.6 Å². The van der Waals surface area contributed by atoms with Gasteiger partial charge in [0.1, 0.15) is 0 Å². The van der Waals surface area contributed by atoms with Gasteiger partial charge in [-0.05, 0) is 50.2 Å². The summed E-state index contributed by atoms with van der Waals surface area (Å²) in [4.78, 5) is 24.9. The SMILES string of the molecule is C=CCn1c(SCC(=O)Nc2ccc(Br)cc2)nnc1[C@@H](C)NC(=O)c1ccc(C)cc1. The van der Waals surface area contributed by atoms with Gasteiger partial charge < -0.3 is 15.2 Å². The van der Waals surface area contributed by atoms with E-state index in [0.717, 1.165) is 15.7 Å². The third-order valence-corrected chi connectivity index (χ3v) is 6.06. The highest BCUT2D eigenvalue weighted by atomic mass is 79.9. The first kappa shape index (κ1) is 23.7. The zero-order valence-corrected chi connectivity index (χ0v) is 20.2. The molecule has 0 fully saturated rings. The molecule has 9 heteroatoms. The molecule has 1 aromatic heterocycles. The van der Waals surface area contributed by atoms with E-state index in [1.165, 1.54) is 11.8 Å². The van der Waals surface area contributed by atoms with Gasteiger partial charge in [-0.25, -0.2) is 0 Å². The second-order valence-corrected chi connectivity index (χ2v) is 9.00. The van der Waals surface area contributed by atoms with Gasteiger partial charge in [-0.15, -0.1) is 16.8 Å². The standard InChI is InChI=1S/C23H24BrN5O2S/c1-4-13-29-21(16(3)25-22(31)17-7-5-15(2)6-8-17)27-28-23(29)32-14-20(30)26-19-11-9-18(24)10-12-19/h4-12,16H,1,13-14H2,2-3H3,(H,25,31)(H,26,30)/t16-/m1/s1. The Bertz CT molecular complexity index is 1100. The van der Waals surface area contributed by atoms with Gasteiger partial charge in [0.25, 0.3) is 5.91 Å². The molecule has 0 spiro atoms. The Morgan fingerprint density at radius 1 is 1.16 bits per heavy atom. The molecule has 7 nitrogen and oxygen atoms in total. The first-order chi connectivity index (χ1) is 15.4. The Kier molecular flexibility index (Phi) is 8.24. The van der Waals surface area contributed by atoms with Gasteiger partial charge in [-0.3, -0.25) is 9.59 Å². The lowest BCUT2D eigenvalue weighted by Crippen LogP contribution is -2.28. The number of rotatable bonds is 9. The molecule has 0 radical (unpaired) electrons. The second-order valence-electron chi connectivity index (χ2n) is 7.14. The fourth-order valence-electron chi connectivity index (χ4n) is 2.94. The van der Waals surface area contributed by atoms with Crippen molar-refractivity contribution < 1.29 is 9.59 Å². The molecule has 0 bridgehead atoms. The largest absolute Gasteiger partial charge is 0.342 e. The highest BCUT2D eigenvalue weighted by molar-refractivity contribution is 9.10. The third kappa shape index (κ3) is 6.30.